The predicted molar refractivity (Wildman–Crippen MR) is 65.0 cm³/mol. The van der Waals surface area contributed by atoms with Crippen LogP contribution in [0.25, 0.3) is 0 Å². The van der Waals surface area contributed by atoms with Crippen LogP contribution in [0.1, 0.15) is 13.3 Å². The normalized spacial score (nSPS) is 21.8. The van der Waals surface area contributed by atoms with E-state index in [0.717, 1.165) is 31.1 Å². The van der Waals surface area contributed by atoms with Gasteiger partial charge in [-0.25, -0.2) is 0 Å². The van der Waals surface area contributed by atoms with Gasteiger partial charge in [0, 0.05) is 18.6 Å². The van der Waals surface area contributed by atoms with Crippen LogP contribution in [0.2, 0.25) is 0 Å². The number of hydrogen-bond acceptors (Lipinski definition) is 3. The van der Waals surface area contributed by atoms with Crippen molar-refractivity contribution in [2.24, 2.45) is 5.92 Å². The SMILES string of the molecule is COc1ccccc1NC(C)C1CCOC1. The highest BCUT2D eigenvalue weighted by atomic mass is 16.5. The highest BCUT2D eigenvalue weighted by molar-refractivity contribution is 5.56. The average Bonchev–Trinajstić information content (AvgIpc) is 2.83. The second-order valence-corrected chi connectivity index (χ2v) is 4.26. The van der Waals surface area contributed by atoms with Gasteiger partial charge in [0.05, 0.1) is 19.4 Å². The van der Waals surface area contributed by atoms with E-state index in [2.05, 4.69) is 12.2 Å². The Labute approximate surface area is 96.8 Å². The van der Waals surface area contributed by atoms with Gasteiger partial charge in [-0.15, -0.1) is 0 Å². The maximum Gasteiger partial charge on any atom is 0.141 e. The molecule has 1 aromatic rings. The summed E-state index contributed by atoms with van der Waals surface area (Å²) in [4.78, 5) is 0. The van der Waals surface area contributed by atoms with Crippen molar-refractivity contribution in [3.8, 4) is 5.75 Å². The van der Waals surface area contributed by atoms with Gasteiger partial charge < -0.3 is 14.8 Å². The van der Waals surface area contributed by atoms with Crippen molar-refractivity contribution in [2.45, 2.75) is 19.4 Å². The molecule has 0 aliphatic carbocycles. The van der Waals surface area contributed by atoms with Crippen LogP contribution in [-0.2, 0) is 4.74 Å². The highest BCUT2D eigenvalue weighted by Gasteiger charge is 2.22. The lowest BCUT2D eigenvalue weighted by Gasteiger charge is -2.21. The lowest BCUT2D eigenvalue weighted by Crippen LogP contribution is -2.26. The zero-order chi connectivity index (χ0) is 11.4. The summed E-state index contributed by atoms with van der Waals surface area (Å²) in [6.45, 7) is 3.96. The second kappa shape index (κ2) is 5.21. The molecule has 0 aromatic heterocycles. The van der Waals surface area contributed by atoms with E-state index in [1.54, 1.807) is 7.11 Å². The largest absolute Gasteiger partial charge is 0.495 e. The zero-order valence-electron chi connectivity index (χ0n) is 9.90. The number of benzene rings is 1. The summed E-state index contributed by atoms with van der Waals surface area (Å²) < 4.78 is 10.7. The molecule has 0 radical (unpaired) electrons. The van der Waals surface area contributed by atoms with Gasteiger partial charge in [0.2, 0.25) is 0 Å². The minimum absolute atomic E-state index is 0.416. The minimum Gasteiger partial charge on any atom is -0.495 e. The summed E-state index contributed by atoms with van der Waals surface area (Å²) in [6, 6.07) is 8.43. The molecule has 0 spiro atoms. The number of para-hydroxylation sites is 2. The van der Waals surface area contributed by atoms with Gasteiger partial charge in [-0.05, 0) is 25.5 Å². The molecule has 88 valence electrons. The lowest BCUT2D eigenvalue weighted by molar-refractivity contribution is 0.183. The Hall–Kier alpha value is -1.22. The third kappa shape index (κ3) is 2.47. The van der Waals surface area contributed by atoms with Crippen molar-refractivity contribution in [3.63, 3.8) is 0 Å². The smallest absolute Gasteiger partial charge is 0.141 e. The Morgan fingerprint density at radius 3 is 2.94 bits per heavy atom. The van der Waals surface area contributed by atoms with Crippen molar-refractivity contribution >= 4 is 5.69 Å². The molecule has 2 atom stereocenters. The molecular formula is C13H19NO2. The third-order valence-electron chi connectivity index (χ3n) is 3.16. The molecule has 1 fully saturated rings. The molecule has 1 saturated heterocycles. The monoisotopic (exact) mass is 221 g/mol. The van der Waals surface area contributed by atoms with Crippen LogP contribution in [0.3, 0.4) is 0 Å². The van der Waals surface area contributed by atoms with E-state index in [1.807, 2.05) is 24.3 Å². The van der Waals surface area contributed by atoms with Crippen molar-refractivity contribution in [1.82, 2.24) is 0 Å². The summed E-state index contributed by atoms with van der Waals surface area (Å²) in [7, 11) is 1.70. The molecule has 16 heavy (non-hydrogen) atoms. The lowest BCUT2D eigenvalue weighted by atomic mass is 10.0. The Bertz CT molecular complexity index is 334. The Morgan fingerprint density at radius 2 is 2.25 bits per heavy atom. The fraction of sp³-hybridized carbons (Fsp3) is 0.538. The summed E-state index contributed by atoms with van der Waals surface area (Å²) in [5.41, 5.74) is 1.06. The number of nitrogens with one attached hydrogen (secondary N) is 1. The Balaban J connectivity index is 2.01. The molecule has 2 unspecified atom stereocenters. The molecule has 3 nitrogen and oxygen atoms in total. The van der Waals surface area contributed by atoms with E-state index < -0.39 is 0 Å². The fourth-order valence-corrected chi connectivity index (χ4v) is 2.07. The fourth-order valence-electron chi connectivity index (χ4n) is 2.07. The first-order valence-corrected chi connectivity index (χ1v) is 5.78. The molecule has 0 amide bonds. The van der Waals surface area contributed by atoms with Gasteiger partial charge in [0.25, 0.3) is 0 Å². The highest BCUT2D eigenvalue weighted by Crippen LogP contribution is 2.26. The quantitative estimate of drug-likeness (QED) is 0.847. The van der Waals surface area contributed by atoms with Crippen LogP contribution in [0.4, 0.5) is 5.69 Å². The van der Waals surface area contributed by atoms with Gasteiger partial charge in [-0.3, -0.25) is 0 Å². The van der Waals surface area contributed by atoms with Crippen molar-refractivity contribution in [2.75, 3.05) is 25.6 Å². The molecule has 1 aliphatic rings. The summed E-state index contributed by atoms with van der Waals surface area (Å²) >= 11 is 0. The first-order chi connectivity index (χ1) is 7.81. The molecule has 0 saturated carbocycles. The van der Waals surface area contributed by atoms with Crippen LogP contribution in [-0.4, -0.2) is 26.4 Å². The van der Waals surface area contributed by atoms with Gasteiger partial charge in [0.15, 0.2) is 0 Å². The number of methoxy groups -OCH3 is 1. The van der Waals surface area contributed by atoms with Crippen molar-refractivity contribution in [3.05, 3.63) is 24.3 Å². The van der Waals surface area contributed by atoms with Crippen LogP contribution in [0.5, 0.6) is 5.75 Å². The van der Waals surface area contributed by atoms with Gasteiger partial charge in [-0.2, -0.15) is 0 Å². The van der Waals surface area contributed by atoms with E-state index in [1.165, 1.54) is 0 Å². The van der Waals surface area contributed by atoms with Crippen LogP contribution in [0, 0.1) is 5.92 Å². The molecule has 1 aromatic carbocycles. The average molecular weight is 221 g/mol. The Morgan fingerprint density at radius 1 is 1.44 bits per heavy atom. The van der Waals surface area contributed by atoms with Crippen LogP contribution in [0.15, 0.2) is 24.3 Å². The number of hydrogen-bond donors (Lipinski definition) is 1. The van der Waals surface area contributed by atoms with Gasteiger partial charge >= 0.3 is 0 Å². The molecule has 1 aliphatic heterocycles. The maximum atomic E-state index is 5.40. The maximum absolute atomic E-state index is 5.40. The first kappa shape index (κ1) is 11.3. The minimum atomic E-state index is 0.416. The summed E-state index contributed by atoms with van der Waals surface area (Å²) in [6.07, 6.45) is 1.14. The number of anilines is 1. The molecule has 1 N–H and O–H groups in total. The molecule has 0 bridgehead atoms. The molecular weight excluding hydrogens is 202 g/mol. The van der Waals surface area contributed by atoms with E-state index in [4.69, 9.17) is 9.47 Å². The number of rotatable bonds is 4. The molecule has 3 heteroatoms. The van der Waals surface area contributed by atoms with Gasteiger partial charge in [-0.1, -0.05) is 12.1 Å². The zero-order valence-corrected chi connectivity index (χ0v) is 9.90. The van der Waals surface area contributed by atoms with E-state index in [0.29, 0.717) is 12.0 Å². The molecule has 1 heterocycles. The first-order valence-electron chi connectivity index (χ1n) is 5.78. The van der Waals surface area contributed by atoms with Crippen LogP contribution >= 0.6 is 0 Å². The van der Waals surface area contributed by atoms with E-state index in [9.17, 15) is 0 Å². The standard InChI is InChI=1S/C13H19NO2/c1-10(11-7-8-16-9-11)14-12-5-3-4-6-13(12)15-2/h3-6,10-11,14H,7-9H2,1-2H3. The number of ether oxygens (including phenoxy) is 2. The van der Waals surface area contributed by atoms with Crippen LogP contribution < -0.4 is 10.1 Å². The predicted octanol–water partition coefficient (Wildman–Crippen LogP) is 2.53. The van der Waals surface area contributed by atoms with Crippen molar-refractivity contribution in [1.29, 1.82) is 0 Å². The summed E-state index contributed by atoms with van der Waals surface area (Å²) in [5, 5.41) is 3.50. The van der Waals surface area contributed by atoms with E-state index in [-0.39, 0.29) is 0 Å². The third-order valence-corrected chi connectivity index (χ3v) is 3.16. The summed E-state index contributed by atoms with van der Waals surface area (Å²) in [5.74, 6) is 1.50. The van der Waals surface area contributed by atoms with E-state index >= 15 is 0 Å². The molecule has 2 rings (SSSR count). The second-order valence-electron chi connectivity index (χ2n) is 4.26. The van der Waals surface area contributed by atoms with Gasteiger partial charge in [0.1, 0.15) is 5.75 Å². The Kier molecular flexibility index (Phi) is 3.67. The van der Waals surface area contributed by atoms with Crippen molar-refractivity contribution < 1.29 is 9.47 Å². The topological polar surface area (TPSA) is 30.5 Å².